The zero-order valence-electron chi connectivity index (χ0n) is 12.2. The quantitative estimate of drug-likeness (QED) is 0.923. The van der Waals surface area contributed by atoms with Crippen molar-refractivity contribution in [1.82, 2.24) is 15.1 Å². The van der Waals surface area contributed by atoms with Crippen LogP contribution in [0.5, 0.6) is 0 Å². The first kappa shape index (κ1) is 13.7. The predicted octanol–water partition coefficient (Wildman–Crippen LogP) is 1.70. The molecule has 0 atom stereocenters. The van der Waals surface area contributed by atoms with Gasteiger partial charge in [0.1, 0.15) is 5.41 Å². The van der Waals surface area contributed by atoms with Crippen molar-refractivity contribution in [2.45, 2.75) is 43.9 Å². The molecule has 1 fully saturated rings. The molecule has 2 aromatic rings. The van der Waals surface area contributed by atoms with Crippen molar-refractivity contribution in [3.05, 3.63) is 41.8 Å². The van der Waals surface area contributed by atoms with Crippen molar-refractivity contribution in [1.29, 1.82) is 0 Å². The summed E-state index contributed by atoms with van der Waals surface area (Å²) in [6.07, 6.45) is 6.58. The monoisotopic (exact) mass is 286 g/mol. The lowest BCUT2D eigenvalue weighted by Gasteiger charge is -2.39. The molecule has 0 aromatic carbocycles. The van der Waals surface area contributed by atoms with Crippen LogP contribution in [0.3, 0.4) is 0 Å². The number of hydrogen-bond donors (Lipinski definition) is 1. The van der Waals surface area contributed by atoms with Gasteiger partial charge < -0.3 is 10.3 Å². The van der Waals surface area contributed by atoms with E-state index in [4.69, 9.17) is 10.3 Å². The van der Waals surface area contributed by atoms with Crippen molar-refractivity contribution in [3.63, 3.8) is 0 Å². The van der Waals surface area contributed by atoms with Gasteiger partial charge in [0.05, 0.1) is 5.41 Å². The molecule has 0 aliphatic heterocycles. The average molecular weight is 286 g/mol. The van der Waals surface area contributed by atoms with Gasteiger partial charge in [0, 0.05) is 12.4 Å². The highest BCUT2D eigenvalue weighted by molar-refractivity contribution is 5.84. The fourth-order valence-electron chi connectivity index (χ4n) is 2.62. The molecule has 21 heavy (non-hydrogen) atoms. The van der Waals surface area contributed by atoms with Crippen molar-refractivity contribution < 1.29 is 9.32 Å². The molecule has 1 aliphatic rings. The van der Waals surface area contributed by atoms with E-state index < -0.39 is 11.3 Å². The summed E-state index contributed by atoms with van der Waals surface area (Å²) < 4.78 is 5.32. The van der Waals surface area contributed by atoms with Crippen LogP contribution in [0.4, 0.5) is 0 Å². The van der Waals surface area contributed by atoms with Gasteiger partial charge in [-0.15, -0.1) is 0 Å². The van der Waals surface area contributed by atoms with E-state index >= 15 is 0 Å². The molecule has 0 radical (unpaired) electrons. The van der Waals surface area contributed by atoms with Crippen LogP contribution in [0.15, 0.2) is 29.0 Å². The van der Waals surface area contributed by atoms with E-state index in [1.807, 2.05) is 12.1 Å². The van der Waals surface area contributed by atoms with Crippen molar-refractivity contribution >= 4 is 5.91 Å². The number of pyridine rings is 1. The summed E-state index contributed by atoms with van der Waals surface area (Å²) in [6.45, 7) is 3.37. The first-order valence-electron chi connectivity index (χ1n) is 7.02. The van der Waals surface area contributed by atoms with Crippen LogP contribution in [0.25, 0.3) is 0 Å². The van der Waals surface area contributed by atoms with Crippen LogP contribution in [-0.2, 0) is 15.6 Å². The van der Waals surface area contributed by atoms with Crippen molar-refractivity contribution in [2.24, 2.45) is 5.73 Å². The minimum atomic E-state index is -0.964. The van der Waals surface area contributed by atoms with Crippen molar-refractivity contribution in [3.8, 4) is 0 Å². The molecule has 0 bridgehead atoms. The summed E-state index contributed by atoms with van der Waals surface area (Å²) >= 11 is 0. The second-order valence-corrected chi connectivity index (χ2v) is 6.08. The third-order valence-corrected chi connectivity index (χ3v) is 4.44. The van der Waals surface area contributed by atoms with E-state index in [9.17, 15) is 4.79 Å². The number of nitrogens with zero attached hydrogens (tertiary/aromatic N) is 3. The van der Waals surface area contributed by atoms with E-state index in [0.717, 1.165) is 24.8 Å². The van der Waals surface area contributed by atoms with E-state index in [0.29, 0.717) is 5.82 Å². The lowest BCUT2D eigenvalue weighted by Crippen LogP contribution is -2.38. The molecule has 1 amide bonds. The van der Waals surface area contributed by atoms with E-state index in [-0.39, 0.29) is 11.3 Å². The predicted molar refractivity (Wildman–Crippen MR) is 75.4 cm³/mol. The highest BCUT2D eigenvalue weighted by Gasteiger charge is 2.46. The number of amides is 1. The topological polar surface area (TPSA) is 94.9 Å². The molecule has 1 aliphatic carbocycles. The largest absolute Gasteiger partial charge is 0.369 e. The van der Waals surface area contributed by atoms with Crippen LogP contribution >= 0.6 is 0 Å². The molecule has 0 saturated heterocycles. The van der Waals surface area contributed by atoms with Crippen LogP contribution in [0, 0.1) is 0 Å². The second kappa shape index (κ2) is 4.65. The summed E-state index contributed by atoms with van der Waals surface area (Å²) in [5.41, 5.74) is 5.35. The maximum Gasteiger partial charge on any atom is 0.241 e. The van der Waals surface area contributed by atoms with Crippen molar-refractivity contribution in [2.75, 3.05) is 0 Å². The smallest absolute Gasteiger partial charge is 0.241 e. The molecule has 2 heterocycles. The standard InChI is InChI=1S/C15H18N4O2/c1-14(2,11(16)20)13-18-12(19-21-13)15(6-3-7-15)10-4-8-17-9-5-10/h4-5,8-9H,3,6-7H2,1-2H3,(H2,16,20). The highest BCUT2D eigenvalue weighted by Crippen LogP contribution is 2.47. The maximum absolute atomic E-state index is 11.5. The molecule has 2 N–H and O–H groups in total. The first-order valence-corrected chi connectivity index (χ1v) is 7.02. The van der Waals surface area contributed by atoms with Gasteiger partial charge in [-0.2, -0.15) is 4.98 Å². The second-order valence-electron chi connectivity index (χ2n) is 6.08. The van der Waals surface area contributed by atoms with Gasteiger partial charge in [-0.3, -0.25) is 9.78 Å². The van der Waals surface area contributed by atoms with Crippen LogP contribution < -0.4 is 5.73 Å². The van der Waals surface area contributed by atoms with Crippen LogP contribution in [0.1, 0.15) is 50.4 Å². The molecule has 3 rings (SSSR count). The Balaban J connectivity index is 2.01. The number of hydrogen-bond acceptors (Lipinski definition) is 5. The summed E-state index contributed by atoms with van der Waals surface area (Å²) in [6, 6.07) is 3.96. The fourth-order valence-corrected chi connectivity index (χ4v) is 2.62. The zero-order chi connectivity index (χ0) is 15.1. The highest BCUT2D eigenvalue weighted by atomic mass is 16.5. The number of carbonyl (C=O) groups is 1. The number of primary amides is 1. The van der Waals surface area contributed by atoms with E-state index in [1.54, 1.807) is 26.2 Å². The molecule has 1 saturated carbocycles. The molecule has 0 spiro atoms. The maximum atomic E-state index is 11.5. The van der Waals surface area contributed by atoms with Gasteiger partial charge in [-0.1, -0.05) is 11.6 Å². The SMILES string of the molecule is CC(C)(C(N)=O)c1nc(C2(c3ccncc3)CCC2)no1. The molecule has 6 nitrogen and oxygen atoms in total. The van der Waals surface area contributed by atoms with Crippen LogP contribution in [0.2, 0.25) is 0 Å². The third kappa shape index (κ3) is 2.02. The molecular weight excluding hydrogens is 268 g/mol. The molecule has 0 unspecified atom stereocenters. The normalized spacial score (nSPS) is 17.2. The summed E-state index contributed by atoms with van der Waals surface area (Å²) in [5, 5.41) is 4.12. The van der Waals surface area contributed by atoms with Gasteiger partial charge in [0.15, 0.2) is 5.82 Å². The van der Waals surface area contributed by atoms with E-state index in [1.165, 1.54) is 0 Å². The number of nitrogens with two attached hydrogens (primary N) is 1. The lowest BCUT2D eigenvalue weighted by molar-refractivity contribution is -0.123. The zero-order valence-corrected chi connectivity index (χ0v) is 12.2. The molecule has 6 heteroatoms. The minimum Gasteiger partial charge on any atom is -0.369 e. The molecular formula is C15H18N4O2. The Hall–Kier alpha value is -2.24. The van der Waals surface area contributed by atoms with Crippen LogP contribution in [-0.4, -0.2) is 21.0 Å². The summed E-state index contributed by atoms with van der Waals surface area (Å²) in [7, 11) is 0. The van der Waals surface area contributed by atoms with Gasteiger partial charge in [-0.05, 0) is 44.4 Å². The van der Waals surface area contributed by atoms with Gasteiger partial charge in [0.2, 0.25) is 11.8 Å². The Morgan fingerprint density at radius 3 is 2.52 bits per heavy atom. The number of rotatable bonds is 4. The van der Waals surface area contributed by atoms with E-state index in [2.05, 4.69) is 15.1 Å². The Morgan fingerprint density at radius 1 is 1.33 bits per heavy atom. The Kier molecular flexibility index (Phi) is 3.04. The number of aromatic nitrogens is 3. The summed E-state index contributed by atoms with van der Waals surface area (Å²) in [5.74, 6) is 0.416. The fraction of sp³-hybridized carbons (Fsp3) is 0.467. The average Bonchev–Trinajstić information content (AvgIpc) is 2.89. The Morgan fingerprint density at radius 2 is 2.00 bits per heavy atom. The Bertz CT molecular complexity index is 659. The van der Waals surface area contributed by atoms with Gasteiger partial charge in [-0.25, -0.2) is 0 Å². The lowest BCUT2D eigenvalue weighted by atomic mass is 9.64. The summed E-state index contributed by atoms with van der Waals surface area (Å²) in [4.78, 5) is 20.0. The minimum absolute atomic E-state index is 0.224. The van der Waals surface area contributed by atoms with Gasteiger partial charge >= 0.3 is 0 Å². The molecule has 2 aromatic heterocycles. The first-order chi connectivity index (χ1) is 9.97. The van der Waals surface area contributed by atoms with Gasteiger partial charge in [0.25, 0.3) is 0 Å². The Labute approximate surface area is 122 Å². The number of carbonyl (C=O) groups excluding carboxylic acids is 1. The molecule has 110 valence electrons. The third-order valence-electron chi connectivity index (χ3n) is 4.44.